The van der Waals surface area contributed by atoms with Crippen molar-refractivity contribution in [2.75, 3.05) is 6.54 Å². The third kappa shape index (κ3) is 4.21. The standard InChI is InChI=1S/C15H16N2O3S/c1-12(18)13-5-4-7-15(11-13)21(19,20)17-10-8-14-6-2-3-9-16-14/h2-7,9,11,17H,8,10H2,1H3. The molecule has 0 aliphatic rings. The van der Waals surface area contributed by atoms with Crippen LogP contribution in [0.2, 0.25) is 0 Å². The van der Waals surface area contributed by atoms with Crippen LogP contribution in [0.3, 0.4) is 0 Å². The van der Waals surface area contributed by atoms with E-state index in [2.05, 4.69) is 9.71 Å². The number of nitrogens with zero attached hydrogens (tertiary/aromatic N) is 1. The summed E-state index contributed by atoms with van der Waals surface area (Å²) in [6, 6.07) is 11.5. The summed E-state index contributed by atoms with van der Waals surface area (Å²) in [4.78, 5) is 15.5. The molecule has 1 aromatic heterocycles. The molecule has 0 spiro atoms. The van der Waals surface area contributed by atoms with Crippen LogP contribution in [-0.4, -0.2) is 25.7 Å². The van der Waals surface area contributed by atoms with Gasteiger partial charge in [-0.2, -0.15) is 0 Å². The highest BCUT2D eigenvalue weighted by Crippen LogP contribution is 2.12. The van der Waals surface area contributed by atoms with Gasteiger partial charge in [-0.3, -0.25) is 9.78 Å². The summed E-state index contributed by atoms with van der Waals surface area (Å²) >= 11 is 0. The Bertz CT molecular complexity index is 728. The van der Waals surface area contributed by atoms with Gasteiger partial charge in [0.05, 0.1) is 4.90 Å². The lowest BCUT2D eigenvalue weighted by atomic mass is 10.2. The van der Waals surface area contributed by atoms with E-state index in [9.17, 15) is 13.2 Å². The number of hydrogen-bond donors (Lipinski definition) is 1. The highest BCUT2D eigenvalue weighted by atomic mass is 32.2. The number of sulfonamides is 1. The van der Waals surface area contributed by atoms with Crippen LogP contribution in [0, 0.1) is 0 Å². The summed E-state index contributed by atoms with van der Waals surface area (Å²) in [5, 5.41) is 0. The molecule has 5 nitrogen and oxygen atoms in total. The Morgan fingerprint density at radius 2 is 2.00 bits per heavy atom. The van der Waals surface area contributed by atoms with E-state index < -0.39 is 10.0 Å². The largest absolute Gasteiger partial charge is 0.295 e. The van der Waals surface area contributed by atoms with E-state index in [4.69, 9.17) is 0 Å². The van der Waals surface area contributed by atoms with Crippen LogP contribution in [0.1, 0.15) is 23.0 Å². The van der Waals surface area contributed by atoms with E-state index in [1.54, 1.807) is 24.4 Å². The molecule has 0 atom stereocenters. The van der Waals surface area contributed by atoms with Crippen molar-refractivity contribution in [3.05, 3.63) is 59.9 Å². The quantitative estimate of drug-likeness (QED) is 0.826. The van der Waals surface area contributed by atoms with Gasteiger partial charge in [0.2, 0.25) is 10.0 Å². The topological polar surface area (TPSA) is 76.1 Å². The Hall–Kier alpha value is -2.05. The van der Waals surface area contributed by atoms with Crippen LogP contribution in [0.25, 0.3) is 0 Å². The molecule has 2 aromatic rings. The maximum absolute atomic E-state index is 12.2. The number of carbonyl (C=O) groups excluding carboxylic acids is 1. The lowest BCUT2D eigenvalue weighted by Crippen LogP contribution is -2.26. The van der Waals surface area contributed by atoms with Crippen LogP contribution >= 0.6 is 0 Å². The number of pyridine rings is 1. The summed E-state index contributed by atoms with van der Waals surface area (Å²) in [5.41, 5.74) is 1.19. The molecule has 0 saturated carbocycles. The Labute approximate surface area is 124 Å². The number of Topliss-reactive ketones (excluding diaryl/α,β-unsaturated/α-hetero) is 1. The van der Waals surface area contributed by atoms with E-state index in [1.165, 1.54) is 19.1 Å². The van der Waals surface area contributed by atoms with Crippen molar-refractivity contribution >= 4 is 15.8 Å². The van der Waals surface area contributed by atoms with Gasteiger partial charge in [0.25, 0.3) is 0 Å². The van der Waals surface area contributed by atoms with Crippen LogP contribution in [0.4, 0.5) is 0 Å². The lowest BCUT2D eigenvalue weighted by molar-refractivity contribution is 0.101. The molecule has 21 heavy (non-hydrogen) atoms. The minimum atomic E-state index is -3.62. The molecular formula is C15H16N2O3S. The van der Waals surface area contributed by atoms with E-state index in [1.807, 2.05) is 12.1 Å². The van der Waals surface area contributed by atoms with E-state index in [-0.39, 0.29) is 17.2 Å². The molecule has 2 rings (SSSR count). The normalized spacial score (nSPS) is 11.3. The predicted molar refractivity (Wildman–Crippen MR) is 79.6 cm³/mol. The van der Waals surface area contributed by atoms with Crippen molar-refractivity contribution in [3.63, 3.8) is 0 Å². The minimum absolute atomic E-state index is 0.0937. The summed E-state index contributed by atoms with van der Waals surface area (Å²) in [6.07, 6.45) is 2.17. The maximum atomic E-state index is 12.2. The second-order valence-corrected chi connectivity index (χ2v) is 6.32. The fraction of sp³-hybridized carbons (Fsp3) is 0.200. The molecular weight excluding hydrogens is 288 g/mol. The maximum Gasteiger partial charge on any atom is 0.240 e. The molecule has 0 aliphatic heterocycles. The number of nitrogens with one attached hydrogen (secondary N) is 1. The number of benzene rings is 1. The van der Waals surface area contributed by atoms with Crippen molar-refractivity contribution in [1.82, 2.24) is 9.71 Å². The first kappa shape index (κ1) is 15.3. The van der Waals surface area contributed by atoms with Crippen molar-refractivity contribution in [2.24, 2.45) is 0 Å². The first-order valence-corrected chi connectivity index (χ1v) is 7.98. The van der Waals surface area contributed by atoms with Crippen LogP contribution in [0.5, 0.6) is 0 Å². The first-order chi connectivity index (χ1) is 9.99. The van der Waals surface area contributed by atoms with Crippen molar-refractivity contribution in [2.45, 2.75) is 18.2 Å². The summed E-state index contributed by atoms with van der Waals surface area (Å²) in [5.74, 6) is -0.166. The number of ketones is 1. The van der Waals surface area contributed by atoms with Crippen molar-refractivity contribution < 1.29 is 13.2 Å². The van der Waals surface area contributed by atoms with Gasteiger partial charge in [0.1, 0.15) is 0 Å². The zero-order valence-electron chi connectivity index (χ0n) is 11.6. The average molecular weight is 304 g/mol. The fourth-order valence-corrected chi connectivity index (χ4v) is 2.90. The highest BCUT2D eigenvalue weighted by Gasteiger charge is 2.14. The predicted octanol–water partition coefficient (Wildman–Crippen LogP) is 1.81. The zero-order valence-corrected chi connectivity index (χ0v) is 12.4. The van der Waals surface area contributed by atoms with Crippen molar-refractivity contribution in [1.29, 1.82) is 0 Å². The Kier molecular flexibility index (Phi) is 4.82. The fourth-order valence-electron chi connectivity index (χ4n) is 1.83. The van der Waals surface area contributed by atoms with E-state index in [0.29, 0.717) is 12.0 Å². The van der Waals surface area contributed by atoms with Gasteiger partial charge in [-0.25, -0.2) is 13.1 Å². The molecule has 0 aliphatic carbocycles. The van der Waals surface area contributed by atoms with E-state index in [0.717, 1.165) is 5.69 Å². The second kappa shape index (κ2) is 6.60. The monoisotopic (exact) mass is 304 g/mol. The molecule has 6 heteroatoms. The molecule has 1 N–H and O–H groups in total. The molecule has 110 valence electrons. The average Bonchev–Trinajstić information content (AvgIpc) is 2.48. The van der Waals surface area contributed by atoms with Crippen molar-refractivity contribution in [3.8, 4) is 0 Å². The third-order valence-corrected chi connectivity index (χ3v) is 4.41. The minimum Gasteiger partial charge on any atom is -0.295 e. The van der Waals surface area contributed by atoms with Crippen LogP contribution in [-0.2, 0) is 16.4 Å². The molecule has 0 bridgehead atoms. The summed E-state index contributed by atoms with van der Waals surface area (Å²) in [6.45, 7) is 1.66. The van der Waals surface area contributed by atoms with Gasteiger partial charge in [-0.05, 0) is 31.2 Å². The van der Waals surface area contributed by atoms with Gasteiger partial charge >= 0.3 is 0 Å². The molecule has 0 fully saturated rings. The Morgan fingerprint density at radius 1 is 1.19 bits per heavy atom. The third-order valence-electron chi connectivity index (χ3n) is 2.95. The van der Waals surface area contributed by atoms with Gasteiger partial charge in [-0.15, -0.1) is 0 Å². The smallest absolute Gasteiger partial charge is 0.240 e. The van der Waals surface area contributed by atoms with Gasteiger partial charge in [0.15, 0.2) is 5.78 Å². The Balaban J connectivity index is 2.05. The number of rotatable bonds is 6. The number of aromatic nitrogens is 1. The number of hydrogen-bond acceptors (Lipinski definition) is 4. The van der Waals surface area contributed by atoms with E-state index >= 15 is 0 Å². The molecule has 0 unspecified atom stereocenters. The molecule has 0 saturated heterocycles. The first-order valence-electron chi connectivity index (χ1n) is 6.49. The van der Waals surface area contributed by atoms with Gasteiger partial charge < -0.3 is 0 Å². The van der Waals surface area contributed by atoms with Gasteiger partial charge in [0, 0.05) is 30.4 Å². The Morgan fingerprint density at radius 3 is 2.67 bits per heavy atom. The summed E-state index contributed by atoms with van der Waals surface area (Å²) in [7, 11) is -3.62. The van der Waals surface area contributed by atoms with Crippen LogP contribution < -0.4 is 4.72 Å². The molecule has 0 radical (unpaired) electrons. The number of carbonyl (C=O) groups is 1. The molecule has 1 heterocycles. The second-order valence-electron chi connectivity index (χ2n) is 4.55. The van der Waals surface area contributed by atoms with Gasteiger partial charge in [-0.1, -0.05) is 18.2 Å². The zero-order chi connectivity index (χ0) is 15.3. The highest BCUT2D eigenvalue weighted by molar-refractivity contribution is 7.89. The van der Waals surface area contributed by atoms with Crippen LogP contribution in [0.15, 0.2) is 53.6 Å². The lowest BCUT2D eigenvalue weighted by Gasteiger charge is -2.07. The molecule has 0 amide bonds. The summed E-state index contributed by atoms with van der Waals surface area (Å²) < 4.78 is 26.8. The molecule has 1 aromatic carbocycles. The SMILES string of the molecule is CC(=O)c1cccc(S(=O)(=O)NCCc2ccccn2)c1.